The maximum atomic E-state index is 6.21. The number of pyridine rings is 1. The van der Waals surface area contributed by atoms with Crippen molar-refractivity contribution in [2.45, 2.75) is 19.4 Å². The third-order valence-electron chi connectivity index (χ3n) is 2.93. The highest BCUT2D eigenvalue weighted by atomic mass is 35.5. The normalized spacial score (nSPS) is 12.4. The summed E-state index contributed by atoms with van der Waals surface area (Å²) in [6.45, 7) is 1.95. The number of nitrogens with zero attached hydrogens (tertiary/aromatic N) is 1. The van der Waals surface area contributed by atoms with E-state index in [0.29, 0.717) is 16.5 Å². The van der Waals surface area contributed by atoms with Crippen LogP contribution in [-0.2, 0) is 6.42 Å². The zero-order valence-electron chi connectivity index (χ0n) is 10.0. The quantitative estimate of drug-likeness (QED) is 0.925. The number of aromatic nitrogens is 1. The summed E-state index contributed by atoms with van der Waals surface area (Å²) in [4.78, 5) is 4.24. The SMILES string of the molecule is Cc1ncccc1C(N)Cc1c(Cl)cccc1Cl. The molecular formula is C14H14Cl2N2. The highest BCUT2D eigenvalue weighted by Crippen LogP contribution is 2.28. The molecular weight excluding hydrogens is 267 g/mol. The number of rotatable bonds is 3. The molecule has 1 aromatic heterocycles. The van der Waals surface area contributed by atoms with Crippen LogP contribution in [0.5, 0.6) is 0 Å². The van der Waals surface area contributed by atoms with E-state index in [-0.39, 0.29) is 6.04 Å². The molecule has 0 saturated carbocycles. The second-order valence-corrected chi connectivity index (χ2v) is 5.00. The molecule has 1 heterocycles. The van der Waals surface area contributed by atoms with Crippen molar-refractivity contribution in [3.05, 3.63) is 63.4 Å². The first-order valence-electron chi connectivity index (χ1n) is 5.69. The van der Waals surface area contributed by atoms with Gasteiger partial charge in [0, 0.05) is 28.0 Å². The lowest BCUT2D eigenvalue weighted by atomic mass is 9.99. The second-order valence-electron chi connectivity index (χ2n) is 4.19. The van der Waals surface area contributed by atoms with Crippen molar-refractivity contribution >= 4 is 23.2 Å². The third kappa shape index (κ3) is 2.83. The van der Waals surface area contributed by atoms with Crippen LogP contribution < -0.4 is 5.73 Å². The van der Waals surface area contributed by atoms with E-state index in [9.17, 15) is 0 Å². The highest BCUT2D eigenvalue weighted by Gasteiger charge is 2.14. The smallest absolute Gasteiger partial charge is 0.0453 e. The Kier molecular flexibility index (Phi) is 4.23. The van der Waals surface area contributed by atoms with E-state index in [1.165, 1.54) is 0 Å². The van der Waals surface area contributed by atoms with Crippen molar-refractivity contribution in [3.63, 3.8) is 0 Å². The number of hydrogen-bond acceptors (Lipinski definition) is 2. The third-order valence-corrected chi connectivity index (χ3v) is 3.64. The van der Waals surface area contributed by atoms with Crippen LogP contribution >= 0.6 is 23.2 Å². The van der Waals surface area contributed by atoms with Crippen LogP contribution in [0.2, 0.25) is 10.0 Å². The molecule has 0 amide bonds. The minimum Gasteiger partial charge on any atom is -0.324 e. The molecule has 1 atom stereocenters. The van der Waals surface area contributed by atoms with E-state index in [1.54, 1.807) is 6.20 Å². The molecule has 2 aromatic rings. The van der Waals surface area contributed by atoms with Crippen LogP contribution in [0.1, 0.15) is 22.9 Å². The molecule has 2 nitrogen and oxygen atoms in total. The first-order chi connectivity index (χ1) is 8.59. The lowest BCUT2D eigenvalue weighted by molar-refractivity contribution is 0.711. The number of nitrogens with two attached hydrogens (primary N) is 1. The van der Waals surface area contributed by atoms with Crippen LogP contribution in [0.4, 0.5) is 0 Å². The Morgan fingerprint density at radius 2 is 1.83 bits per heavy atom. The first-order valence-corrected chi connectivity index (χ1v) is 6.45. The Morgan fingerprint density at radius 3 is 2.44 bits per heavy atom. The standard InChI is InChI=1S/C14H14Cl2N2/c1-9-10(4-3-7-18-9)14(17)8-11-12(15)5-2-6-13(11)16/h2-7,14H,8,17H2,1H3. The lowest BCUT2D eigenvalue weighted by Gasteiger charge is -2.15. The van der Waals surface area contributed by atoms with Crippen LogP contribution in [0.15, 0.2) is 36.5 Å². The molecule has 0 aliphatic heterocycles. The van der Waals surface area contributed by atoms with E-state index in [4.69, 9.17) is 28.9 Å². The minimum absolute atomic E-state index is 0.156. The predicted octanol–water partition coefficient (Wildman–Crippen LogP) is 3.94. The molecule has 1 aromatic carbocycles. The largest absolute Gasteiger partial charge is 0.324 e. The molecule has 0 bridgehead atoms. The Hall–Kier alpha value is -1.09. The zero-order valence-corrected chi connectivity index (χ0v) is 11.5. The van der Waals surface area contributed by atoms with Gasteiger partial charge in [-0.05, 0) is 42.7 Å². The van der Waals surface area contributed by atoms with Gasteiger partial charge in [0.2, 0.25) is 0 Å². The maximum absolute atomic E-state index is 6.21. The molecule has 94 valence electrons. The summed E-state index contributed by atoms with van der Waals surface area (Å²) in [5.41, 5.74) is 9.05. The van der Waals surface area contributed by atoms with Gasteiger partial charge in [-0.3, -0.25) is 4.98 Å². The highest BCUT2D eigenvalue weighted by molar-refractivity contribution is 6.36. The van der Waals surface area contributed by atoms with Gasteiger partial charge in [-0.25, -0.2) is 0 Å². The molecule has 1 unspecified atom stereocenters. The summed E-state index contributed by atoms with van der Waals surface area (Å²) in [7, 11) is 0. The average molecular weight is 281 g/mol. The molecule has 0 aliphatic carbocycles. The summed E-state index contributed by atoms with van der Waals surface area (Å²) in [6.07, 6.45) is 2.36. The fraction of sp³-hybridized carbons (Fsp3) is 0.214. The van der Waals surface area contributed by atoms with Gasteiger partial charge in [-0.15, -0.1) is 0 Å². The first kappa shape index (κ1) is 13.3. The molecule has 0 aliphatic rings. The van der Waals surface area contributed by atoms with Crippen LogP contribution in [-0.4, -0.2) is 4.98 Å². The Bertz CT molecular complexity index is 535. The van der Waals surface area contributed by atoms with Crippen molar-refractivity contribution in [2.75, 3.05) is 0 Å². The van der Waals surface area contributed by atoms with Crippen LogP contribution in [0.3, 0.4) is 0 Å². The molecule has 2 rings (SSSR count). The number of aryl methyl sites for hydroxylation is 1. The van der Waals surface area contributed by atoms with Gasteiger partial charge in [-0.1, -0.05) is 35.3 Å². The van der Waals surface area contributed by atoms with Crippen molar-refractivity contribution in [3.8, 4) is 0 Å². The van der Waals surface area contributed by atoms with Crippen LogP contribution in [0.25, 0.3) is 0 Å². The summed E-state index contributed by atoms with van der Waals surface area (Å²) in [6, 6.07) is 9.19. The summed E-state index contributed by atoms with van der Waals surface area (Å²) < 4.78 is 0. The Balaban J connectivity index is 2.27. The van der Waals surface area contributed by atoms with E-state index >= 15 is 0 Å². The molecule has 0 fully saturated rings. The van der Waals surface area contributed by atoms with Gasteiger partial charge < -0.3 is 5.73 Å². The van der Waals surface area contributed by atoms with E-state index < -0.39 is 0 Å². The summed E-state index contributed by atoms with van der Waals surface area (Å²) in [5, 5.41) is 1.30. The van der Waals surface area contributed by atoms with E-state index in [1.807, 2.05) is 37.3 Å². The minimum atomic E-state index is -0.156. The molecule has 0 saturated heterocycles. The molecule has 0 spiro atoms. The van der Waals surface area contributed by atoms with Crippen molar-refractivity contribution in [1.82, 2.24) is 4.98 Å². The predicted molar refractivity (Wildman–Crippen MR) is 76.1 cm³/mol. The lowest BCUT2D eigenvalue weighted by Crippen LogP contribution is -2.15. The van der Waals surface area contributed by atoms with Gasteiger partial charge in [0.1, 0.15) is 0 Å². The van der Waals surface area contributed by atoms with Gasteiger partial charge >= 0.3 is 0 Å². The van der Waals surface area contributed by atoms with Crippen molar-refractivity contribution < 1.29 is 0 Å². The van der Waals surface area contributed by atoms with Crippen LogP contribution in [0, 0.1) is 6.92 Å². The fourth-order valence-corrected chi connectivity index (χ4v) is 2.50. The molecule has 2 N–H and O–H groups in total. The topological polar surface area (TPSA) is 38.9 Å². The van der Waals surface area contributed by atoms with E-state index in [2.05, 4.69) is 4.98 Å². The van der Waals surface area contributed by atoms with Crippen molar-refractivity contribution in [2.24, 2.45) is 5.73 Å². The summed E-state index contributed by atoms with van der Waals surface area (Å²) >= 11 is 12.3. The second kappa shape index (κ2) is 5.70. The number of benzene rings is 1. The Morgan fingerprint density at radius 1 is 1.17 bits per heavy atom. The van der Waals surface area contributed by atoms with Gasteiger partial charge in [0.15, 0.2) is 0 Å². The number of hydrogen-bond donors (Lipinski definition) is 1. The number of halogens is 2. The zero-order chi connectivity index (χ0) is 13.1. The molecule has 18 heavy (non-hydrogen) atoms. The Labute approximate surface area is 117 Å². The van der Waals surface area contributed by atoms with Crippen molar-refractivity contribution in [1.29, 1.82) is 0 Å². The monoisotopic (exact) mass is 280 g/mol. The van der Waals surface area contributed by atoms with Gasteiger partial charge in [0.25, 0.3) is 0 Å². The molecule has 0 radical (unpaired) electrons. The van der Waals surface area contributed by atoms with Gasteiger partial charge in [-0.2, -0.15) is 0 Å². The summed E-state index contributed by atoms with van der Waals surface area (Å²) in [5.74, 6) is 0. The van der Waals surface area contributed by atoms with E-state index in [0.717, 1.165) is 16.8 Å². The molecule has 4 heteroatoms. The fourth-order valence-electron chi connectivity index (χ4n) is 1.95. The maximum Gasteiger partial charge on any atom is 0.0453 e. The average Bonchev–Trinajstić information content (AvgIpc) is 2.34. The van der Waals surface area contributed by atoms with Gasteiger partial charge in [0.05, 0.1) is 0 Å².